The minimum atomic E-state index is 0.117. The molecule has 5 nitrogen and oxygen atoms in total. The molecule has 1 aromatic heterocycles. The van der Waals surface area contributed by atoms with E-state index in [9.17, 15) is 4.79 Å². The molecule has 1 saturated carbocycles. The van der Waals surface area contributed by atoms with Crippen molar-refractivity contribution in [3.05, 3.63) is 30.6 Å². The van der Waals surface area contributed by atoms with Gasteiger partial charge in [0.15, 0.2) is 5.82 Å². The molecule has 1 aliphatic rings. The van der Waals surface area contributed by atoms with Gasteiger partial charge in [0.25, 0.3) is 0 Å². The highest BCUT2D eigenvalue weighted by Crippen LogP contribution is 2.27. The topological polar surface area (TPSA) is 59.8 Å². The fraction of sp³-hybridized carbons (Fsp3) is 0.500. The van der Waals surface area contributed by atoms with Gasteiger partial charge in [-0.1, -0.05) is 31.4 Å². The van der Waals surface area contributed by atoms with E-state index in [2.05, 4.69) is 22.4 Å². The summed E-state index contributed by atoms with van der Waals surface area (Å²) < 4.78 is 1.99. The van der Waals surface area contributed by atoms with Gasteiger partial charge in [-0.3, -0.25) is 4.79 Å². The lowest BCUT2D eigenvalue weighted by Gasteiger charge is -2.20. The molecule has 1 N–H and O–H groups in total. The number of carbonyl (C=O) groups excluding carboxylic acids is 1. The number of aryl methyl sites for hydroxylation is 1. The van der Waals surface area contributed by atoms with Gasteiger partial charge < -0.3 is 9.88 Å². The predicted octanol–water partition coefficient (Wildman–Crippen LogP) is 3.87. The zero-order valence-electron chi connectivity index (χ0n) is 13.7. The Bertz CT molecular complexity index is 659. The number of nitrogens with zero attached hydrogens (tertiary/aromatic N) is 3. The summed E-state index contributed by atoms with van der Waals surface area (Å²) in [6, 6.07) is 7.83. The highest BCUT2D eigenvalue weighted by molar-refractivity contribution is 5.91. The molecule has 0 radical (unpaired) electrons. The molecule has 0 aliphatic heterocycles. The monoisotopic (exact) mass is 312 g/mol. The number of anilines is 1. The first-order chi connectivity index (χ1) is 11.3. The van der Waals surface area contributed by atoms with Crippen LogP contribution in [-0.2, 0) is 11.3 Å². The van der Waals surface area contributed by atoms with Crippen molar-refractivity contribution in [2.75, 3.05) is 5.32 Å². The van der Waals surface area contributed by atoms with E-state index in [-0.39, 0.29) is 5.91 Å². The molecule has 0 bridgehead atoms. The van der Waals surface area contributed by atoms with Crippen molar-refractivity contribution in [1.82, 2.24) is 14.8 Å². The van der Waals surface area contributed by atoms with Gasteiger partial charge in [0.2, 0.25) is 5.91 Å². The lowest BCUT2D eigenvalue weighted by atomic mass is 9.87. The highest BCUT2D eigenvalue weighted by Gasteiger charge is 2.17. The van der Waals surface area contributed by atoms with E-state index in [1.54, 1.807) is 6.33 Å². The Kier molecular flexibility index (Phi) is 5.05. The number of aromatic nitrogens is 3. The molecule has 1 amide bonds. The molecule has 2 aromatic rings. The fourth-order valence-electron chi connectivity index (χ4n) is 3.31. The van der Waals surface area contributed by atoms with E-state index < -0.39 is 0 Å². The molecule has 0 atom stereocenters. The smallest absolute Gasteiger partial charge is 0.224 e. The third-order valence-corrected chi connectivity index (χ3v) is 4.56. The van der Waals surface area contributed by atoms with E-state index in [0.717, 1.165) is 23.6 Å². The predicted molar refractivity (Wildman–Crippen MR) is 91.0 cm³/mol. The first-order valence-corrected chi connectivity index (χ1v) is 8.54. The SMILES string of the molecule is CCn1cnnc1-c1cccc(NC(=O)CC2CCCCC2)c1. The van der Waals surface area contributed by atoms with Crippen LogP contribution >= 0.6 is 0 Å². The Morgan fingerprint density at radius 2 is 2.13 bits per heavy atom. The fourth-order valence-corrected chi connectivity index (χ4v) is 3.31. The number of carbonyl (C=O) groups is 1. The average Bonchev–Trinajstić information content (AvgIpc) is 3.04. The second-order valence-electron chi connectivity index (χ2n) is 6.28. The molecule has 0 saturated heterocycles. The first-order valence-electron chi connectivity index (χ1n) is 8.54. The summed E-state index contributed by atoms with van der Waals surface area (Å²) in [4.78, 5) is 12.3. The highest BCUT2D eigenvalue weighted by atomic mass is 16.1. The maximum absolute atomic E-state index is 12.3. The minimum absolute atomic E-state index is 0.117. The van der Waals surface area contributed by atoms with Crippen molar-refractivity contribution < 1.29 is 4.79 Å². The maximum Gasteiger partial charge on any atom is 0.224 e. The molecular formula is C18H24N4O. The van der Waals surface area contributed by atoms with Crippen LogP contribution in [-0.4, -0.2) is 20.7 Å². The summed E-state index contributed by atoms with van der Waals surface area (Å²) >= 11 is 0. The molecule has 0 unspecified atom stereocenters. The Morgan fingerprint density at radius 1 is 1.30 bits per heavy atom. The largest absolute Gasteiger partial charge is 0.326 e. The molecule has 5 heteroatoms. The Hall–Kier alpha value is -2.17. The number of amides is 1. The third kappa shape index (κ3) is 3.97. The van der Waals surface area contributed by atoms with Gasteiger partial charge in [0, 0.05) is 24.2 Å². The van der Waals surface area contributed by atoms with Crippen molar-refractivity contribution in [2.24, 2.45) is 5.92 Å². The van der Waals surface area contributed by atoms with Crippen LogP contribution in [0.2, 0.25) is 0 Å². The van der Waals surface area contributed by atoms with E-state index in [1.807, 2.05) is 28.8 Å². The Morgan fingerprint density at radius 3 is 2.91 bits per heavy atom. The summed E-state index contributed by atoms with van der Waals surface area (Å²) in [7, 11) is 0. The number of hydrogen-bond donors (Lipinski definition) is 1. The van der Waals surface area contributed by atoms with Crippen molar-refractivity contribution in [3.8, 4) is 11.4 Å². The van der Waals surface area contributed by atoms with Crippen LogP contribution in [0.5, 0.6) is 0 Å². The van der Waals surface area contributed by atoms with Crippen molar-refractivity contribution in [1.29, 1.82) is 0 Å². The van der Waals surface area contributed by atoms with Crippen molar-refractivity contribution in [3.63, 3.8) is 0 Å². The van der Waals surface area contributed by atoms with Gasteiger partial charge in [0.1, 0.15) is 6.33 Å². The zero-order chi connectivity index (χ0) is 16.1. The van der Waals surface area contributed by atoms with Gasteiger partial charge in [-0.15, -0.1) is 10.2 Å². The van der Waals surface area contributed by atoms with Crippen LogP contribution in [0.1, 0.15) is 45.4 Å². The maximum atomic E-state index is 12.3. The third-order valence-electron chi connectivity index (χ3n) is 4.56. The van der Waals surface area contributed by atoms with Crippen LogP contribution in [0.15, 0.2) is 30.6 Å². The molecule has 1 fully saturated rings. The van der Waals surface area contributed by atoms with Crippen LogP contribution in [0, 0.1) is 5.92 Å². The molecule has 23 heavy (non-hydrogen) atoms. The van der Waals surface area contributed by atoms with Gasteiger partial charge in [0.05, 0.1) is 0 Å². The minimum Gasteiger partial charge on any atom is -0.326 e. The van der Waals surface area contributed by atoms with Crippen LogP contribution < -0.4 is 5.32 Å². The molecule has 0 spiro atoms. The van der Waals surface area contributed by atoms with Crippen LogP contribution in [0.25, 0.3) is 11.4 Å². The number of nitrogens with one attached hydrogen (secondary N) is 1. The van der Waals surface area contributed by atoms with Gasteiger partial charge in [-0.2, -0.15) is 0 Å². The van der Waals surface area contributed by atoms with Crippen molar-refractivity contribution >= 4 is 11.6 Å². The van der Waals surface area contributed by atoms with E-state index in [1.165, 1.54) is 32.1 Å². The average molecular weight is 312 g/mol. The summed E-state index contributed by atoms with van der Waals surface area (Å²) in [5, 5.41) is 11.2. The lowest BCUT2D eigenvalue weighted by molar-refractivity contribution is -0.117. The molecule has 1 aliphatic carbocycles. The quantitative estimate of drug-likeness (QED) is 0.911. The second-order valence-corrected chi connectivity index (χ2v) is 6.28. The van der Waals surface area contributed by atoms with E-state index >= 15 is 0 Å². The van der Waals surface area contributed by atoms with Crippen LogP contribution in [0.4, 0.5) is 5.69 Å². The zero-order valence-corrected chi connectivity index (χ0v) is 13.7. The molecule has 1 aromatic carbocycles. The van der Waals surface area contributed by atoms with Crippen LogP contribution in [0.3, 0.4) is 0 Å². The summed E-state index contributed by atoms with van der Waals surface area (Å²) in [6.07, 6.45) is 8.58. The molecule has 1 heterocycles. The Labute approximate surface area is 137 Å². The molecule has 122 valence electrons. The van der Waals surface area contributed by atoms with Gasteiger partial charge >= 0.3 is 0 Å². The van der Waals surface area contributed by atoms with E-state index in [0.29, 0.717) is 12.3 Å². The summed E-state index contributed by atoms with van der Waals surface area (Å²) in [5.74, 6) is 1.50. The number of benzene rings is 1. The second kappa shape index (κ2) is 7.40. The first kappa shape index (κ1) is 15.7. The van der Waals surface area contributed by atoms with Crippen molar-refractivity contribution in [2.45, 2.75) is 52.0 Å². The molecule has 3 rings (SSSR count). The Balaban J connectivity index is 1.66. The van der Waals surface area contributed by atoms with Gasteiger partial charge in [-0.25, -0.2) is 0 Å². The van der Waals surface area contributed by atoms with Gasteiger partial charge in [-0.05, 0) is 37.8 Å². The van der Waals surface area contributed by atoms with E-state index in [4.69, 9.17) is 0 Å². The molecular weight excluding hydrogens is 288 g/mol. The lowest BCUT2D eigenvalue weighted by Crippen LogP contribution is -2.18. The standard InChI is InChI=1S/C18H24N4O/c1-2-22-13-19-21-18(22)15-9-6-10-16(12-15)20-17(23)11-14-7-4-3-5-8-14/h6,9-10,12-14H,2-5,7-8,11H2,1H3,(H,20,23). The summed E-state index contributed by atoms with van der Waals surface area (Å²) in [5.41, 5.74) is 1.80. The summed E-state index contributed by atoms with van der Waals surface area (Å²) in [6.45, 7) is 2.88. The number of rotatable bonds is 5. The number of hydrogen-bond acceptors (Lipinski definition) is 3. The normalized spacial score (nSPS) is 15.5.